The zero-order valence-electron chi connectivity index (χ0n) is 5.13. The van der Waals surface area contributed by atoms with Crippen molar-refractivity contribution in [2.24, 2.45) is 0 Å². The molecule has 0 amide bonds. The summed E-state index contributed by atoms with van der Waals surface area (Å²) in [6, 6.07) is 0. The first-order valence-corrected chi connectivity index (χ1v) is 4.15. The monoisotopic (exact) mass is 221 g/mol. The zero-order chi connectivity index (χ0) is 7.56. The number of ether oxygens (including phenoxy) is 1. The molecule has 0 N–H and O–H groups in total. The normalized spacial score (nSPS) is 9.40. The fraction of sp³-hybridized carbons (Fsp3) is 0.200. The predicted molar refractivity (Wildman–Crippen MR) is 41.1 cm³/mol. The summed E-state index contributed by atoms with van der Waals surface area (Å²) in [5, 5.41) is 1.66. The van der Waals surface area contributed by atoms with Crippen molar-refractivity contribution in [2.45, 2.75) is 6.92 Å². The van der Waals surface area contributed by atoms with Crippen molar-refractivity contribution in [3.05, 3.63) is 9.30 Å². The molecule has 0 radical (unpaired) electrons. The van der Waals surface area contributed by atoms with Gasteiger partial charge in [-0.3, -0.25) is 4.79 Å². The van der Waals surface area contributed by atoms with E-state index in [4.69, 9.17) is 0 Å². The number of halogens is 1. The fourth-order valence-electron chi connectivity index (χ4n) is 0.433. The van der Waals surface area contributed by atoms with E-state index >= 15 is 0 Å². The molecule has 0 bridgehead atoms. The number of aromatic nitrogens is 1. The van der Waals surface area contributed by atoms with Gasteiger partial charge in [-0.1, -0.05) is 0 Å². The molecular weight excluding hydrogens is 218 g/mol. The molecule has 1 rings (SSSR count). The Bertz CT molecular complexity index is 248. The number of carbonyl (C=O) groups excluding carboxylic acids is 1. The first-order chi connectivity index (χ1) is 4.68. The SMILES string of the molecule is CC(=O)Oc1csc(Br)n1. The molecule has 3 nitrogen and oxygen atoms in total. The third-order valence-corrected chi connectivity index (χ3v) is 2.05. The van der Waals surface area contributed by atoms with Crippen LogP contribution in [-0.4, -0.2) is 11.0 Å². The Balaban J connectivity index is 2.67. The Hall–Kier alpha value is -0.420. The van der Waals surface area contributed by atoms with Gasteiger partial charge in [-0.25, -0.2) is 0 Å². The Kier molecular flexibility index (Phi) is 2.39. The Labute approximate surface area is 70.2 Å². The van der Waals surface area contributed by atoms with Gasteiger partial charge in [-0.2, -0.15) is 4.98 Å². The summed E-state index contributed by atoms with van der Waals surface area (Å²) in [5.74, 6) is 0.00201. The van der Waals surface area contributed by atoms with Crippen LogP contribution in [0.2, 0.25) is 0 Å². The van der Waals surface area contributed by atoms with Crippen LogP contribution in [0.1, 0.15) is 6.92 Å². The number of nitrogens with zero attached hydrogens (tertiary/aromatic N) is 1. The molecule has 0 unspecified atom stereocenters. The average Bonchev–Trinajstić information content (AvgIpc) is 2.13. The quantitative estimate of drug-likeness (QED) is 0.680. The van der Waals surface area contributed by atoms with E-state index in [0.717, 1.165) is 0 Å². The van der Waals surface area contributed by atoms with Crippen LogP contribution in [0.3, 0.4) is 0 Å². The molecule has 0 aromatic carbocycles. The number of rotatable bonds is 1. The van der Waals surface area contributed by atoms with Crippen molar-refractivity contribution in [2.75, 3.05) is 0 Å². The van der Waals surface area contributed by atoms with Crippen LogP contribution in [0.25, 0.3) is 0 Å². The van der Waals surface area contributed by atoms with E-state index < -0.39 is 0 Å². The highest BCUT2D eigenvalue weighted by molar-refractivity contribution is 9.11. The highest BCUT2D eigenvalue weighted by atomic mass is 79.9. The Morgan fingerprint density at radius 1 is 1.90 bits per heavy atom. The average molecular weight is 222 g/mol. The van der Waals surface area contributed by atoms with Crippen molar-refractivity contribution >= 4 is 33.2 Å². The van der Waals surface area contributed by atoms with Gasteiger partial charge >= 0.3 is 5.97 Å². The predicted octanol–water partition coefficient (Wildman–Crippen LogP) is 1.83. The van der Waals surface area contributed by atoms with Crippen molar-refractivity contribution in [3.63, 3.8) is 0 Å². The van der Waals surface area contributed by atoms with Gasteiger partial charge in [-0.15, -0.1) is 11.3 Å². The fourth-order valence-corrected chi connectivity index (χ4v) is 1.33. The third-order valence-electron chi connectivity index (χ3n) is 0.703. The van der Waals surface area contributed by atoms with Crippen LogP contribution in [0, 0.1) is 0 Å². The van der Waals surface area contributed by atoms with Crippen LogP contribution in [-0.2, 0) is 4.79 Å². The number of carbonyl (C=O) groups is 1. The van der Waals surface area contributed by atoms with Crippen LogP contribution in [0.4, 0.5) is 0 Å². The molecule has 1 aromatic heterocycles. The molecule has 0 atom stereocenters. The molecule has 0 saturated carbocycles. The van der Waals surface area contributed by atoms with E-state index in [1.807, 2.05) is 0 Å². The maximum Gasteiger partial charge on any atom is 0.309 e. The van der Waals surface area contributed by atoms with E-state index in [2.05, 4.69) is 25.7 Å². The number of esters is 1. The molecule has 0 spiro atoms. The molecular formula is C5H4BrNO2S. The molecule has 1 aromatic rings. The van der Waals surface area contributed by atoms with Gasteiger partial charge in [0, 0.05) is 6.92 Å². The first-order valence-electron chi connectivity index (χ1n) is 2.48. The van der Waals surface area contributed by atoms with Crippen molar-refractivity contribution < 1.29 is 9.53 Å². The third kappa shape index (κ3) is 2.07. The molecule has 0 aliphatic heterocycles. The molecule has 0 fully saturated rings. The molecule has 54 valence electrons. The molecule has 10 heavy (non-hydrogen) atoms. The van der Waals surface area contributed by atoms with Crippen LogP contribution >= 0.6 is 27.3 Å². The van der Waals surface area contributed by atoms with Crippen molar-refractivity contribution in [1.82, 2.24) is 4.98 Å². The summed E-state index contributed by atoms with van der Waals surface area (Å²) >= 11 is 4.51. The van der Waals surface area contributed by atoms with Gasteiger partial charge < -0.3 is 4.74 Å². The lowest BCUT2D eigenvalue weighted by Gasteiger charge is -1.91. The maximum absolute atomic E-state index is 10.3. The smallest absolute Gasteiger partial charge is 0.309 e. The van der Waals surface area contributed by atoms with Crippen molar-refractivity contribution in [3.8, 4) is 5.88 Å². The van der Waals surface area contributed by atoms with Gasteiger partial charge in [0.25, 0.3) is 0 Å². The second-order valence-electron chi connectivity index (χ2n) is 1.53. The maximum atomic E-state index is 10.3. The van der Waals surface area contributed by atoms with Crippen LogP contribution < -0.4 is 4.74 Å². The summed E-state index contributed by atoms with van der Waals surface area (Å²) in [6.07, 6.45) is 0. The summed E-state index contributed by atoms with van der Waals surface area (Å²) in [4.78, 5) is 14.2. The van der Waals surface area contributed by atoms with Gasteiger partial charge in [0.2, 0.25) is 5.88 Å². The van der Waals surface area contributed by atoms with Gasteiger partial charge in [0.15, 0.2) is 3.92 Å². The summed E-state index contributed by atoms with van der Waals surface area (Å²) in [7, 11) is 0. The van der Waals surface area contributed by atoms with Crippen LogP contribution in [0.15, 0.2) is 9.30 Å². The minimum Gasteiger partial charge on any atom is -0.407 e. The highest BCUT2D eigenvalue weighted by Crippen LogP contribution is 2.20. The van der Waals surface area contributed by atoms with Gasteiger partial charge in [0.1, 0.15) is 0 Å². The second-order valence-corrected chi connectivity index (χ2v) is 3.67. The molecule has 1 heterocycles. The van der Waals surface area contributed by atoms with Gasteiger partial charge in [-0.05, 0) is 15.9 Å². The zero-order valence-corrected chi connectivity index (χ0v) is 7.53. The van der Waals surface area contributed by atoms with Crippen molar-refractivity contribution in [1.29, 1.82) is 0 Å². The second kappa shape index (κ2) is 3.12. The largest absolute Gasteiger partial charge is 0.407 e. The minimum absolute atomic E-state index is 0.349. The molecule has 0 aliphatic rings. The highest BCUT2D eigenvalue weighted by Gasteiger charge is 2.01. The number of hydrogen-bond acceptors (Lipinski definition) is 4. The van der Waals surface area contributed by atoms with Gasteiger partial charge in [0.05, 0.1) is 5.38 Å². The Morgan fingerprint density at radius 2 is 2.60 bits per heavy atom. The first kappa shape index (κ1) is 7.68. The van der Waals surface area contributed by atoms with E-state index in [-0.39, 0.29) is 5.97 Å². The van der Waals surface area contributed by atoms with E-state index in [1.54, 1.807) is 5.38 Å². The number of thiazole rings is 1. The number of hydrogen-bond donors (Lipinski definition) is 0. The Morgan fingerprint density at radius 3 is 3.00 bits per heavy atom. The lowest BCUT2D eigenvalue weighted by molar-refractivity contribution is -0.132. The molecule has 0 aliphatic carbocycles. The van der Waals surface area contributed by atoms with Crippen LogP contribution in [0.5, 0.6) is 5.88 Å². The van der Waals surface area contributed by atoms with E-state index in [0.29, 0.717) is 9.80 Å². The van der Waals surface area contributed by atoms with E-state index in [9.17, 15) is 4.79 Å². The minimum atomic E-state index is -0.349. The molecule has 0 saturated heterocycles. The topological polar surface area (TPSA) is 39.2 Å². The lowest BCUT2D eigenvalue weighted by Crippen LogP contribution is -2.00. The summed E-state index contributed by atoms with van der Waals surface area (Å²) in [5.41, 5.74) is 0. The molecule has 5 heteroatoms. The summed E-state index contributed by atoms with van der Waals surface area (Å²) in [6.45, 7) is 1.34. The lowest BCUT2D eigenvalue weighted by atomic mass is 10.8. The standard InChI is InChI=1S/C5H4BrNO2S/c1-3(8)9-4-2-10-5(6)7-4/h2H,1H3. The summed E-state index contributed by atoms with van der Waals surface area (Å²) < 4.78 is 5.38. The van der Waals surface area contributed by atoms with E-state index in [1.165, 1.54) is 18.3 Å².